The van der Waals surface area contributed by atoms with Gasteiger partial charge in [-0.2, -0.15) is 0 Å². The molecule has 3 rings (SSSR count). The number of thiophene rings is 1. The minimum Gasteiger partial charge on any atom is -0.368 e. The van der Waals surface area contributed by atoms with Gasteiger partial charge in [-0.3, -0.25) is 0 Å². The summed E-state index contributed by atoms with van der Waals surface area (Å²) < 4.78 is 1.39. The summed E-state index contributed by atoms with van der Waals surface area (Å²) in [5, 5.41) is 6.97. The predicted molar refractivity (Wildman–Crippen MR) is 76.8 cm³/mol. The van der Waals surface area contributed by atoms with Gasteiger partial charge in [0.1, 0.15) is 0 Å². The van der Waals surface area contributed by atoms with Crippen LogP contribution in [0.4, 0.5) is 5.69 Å². The predicted octanol–water partition coefficient (Wildman–Crippen LogP) is 2.56. The molecular formula is C14H16N2S. The van der Waals surface area contributed by atoms with E-state index in [2.05, 4.69) is 52.7 Å². The fraction of sp³-hybridized carbons (Fsp3) is 0.286. The number of hydrogen-bond donors (Lipinski definition) is 1. The van der Waals surface area contributed by atoms with Crippen molar-refractivity contribution < 1.29 is 0 Å². The maximum atomic E-state index is 4.00. The van der Waals surface area contributed by atoms with Crippen LogP contribution in [0.15, 0.2) is 29.6 Å². The molecule has 0 spiro atoms. The highest BCUT2D eigenvalue weighted by atomic mass is 32.1. The van der Waals surface area contributed by atoms with E-state index in [-0.39, 0.29) is 0 Å². The molecule has 2 nitrogen and oxygen atoms in total. The highest BCUT2D eigenvalue weighted by Crippen LogP contribution is 2.30. The summed E-state index contributed by atoms with van der Waals surface area (Å²) in [7, 11) is 0. The lowest BCUT2D eigenvalue weighted by atomic mass is 10.2. The Bertz CT molecular complexity index is 495. The summed E-state index contributed by atoms with van der Waals surface area (Å²) in [4.78, 5) is 2.48. The summed E-state index contributed by atoms with van der Waals surface area (Å²) in [5.74, 6) is 0. The standard InChI is InChI=1S/C12H14N2S.C2H2/c1-2-11(14-7-5-13-6-8-14)10-4-9-15-12(10)3-1;1-2/h1-4,9,13H,5-8H2;1-2H. The first kappa shape index (κ1) is 12.0. The Labute approximate surface area is 106 Å². The van der Waals surface area contributed by atoms with Crippen LogP contribution >= 0.6 is 11.3 Å². The van der Waals surface area contributed by atoms with Crippen LogP contribution < -0.4 is 10.2 Å². The van der Waals surface area contributed by atoms with Crippen LogP contribution in [0.2, 0.25) is 0 Å². The molecule has 1 fully saturated rings. The van der Waals surface area contributed by atoms with Gasteiger partial charge in [-0.05, 0) is 23.6 Å². The number of anilines is 1. The van der Waals surface area contributed by atoms with Crippen molar-refractivity contribution in [2.24, 2.45) is 0 Å². The Morgan fingerprint density at radius 2 is 1.88 bits per heavy atom. The van der Waals surface area contributed by atoms with E-state index in [0.29, 0.717) is 0 Å². The first-order valence-electron chi connectivity index (χ1n) is 5.70. The van der Waals surface area contributed by atoms with Crippen molar-refractivity contribution in [1.29, 1.82) is 0 Å². The molecule has 2 heterocycles. The van der Waals surface area contributed by atoms with Crippen LogP contribution in [0.3, 0.4) is 0 Å². The van der Waals surface area contributed by atoms with E-state index in [1.807, 2.05) is 11.3 Å². The van der Waals surface area contributed by atoms with E-state index < -0.39 is 0 Å². The average molecular weight is 244 g/mol. The van der Waals surface area contributed by atoms with Gasteiger partial charge in [0.25, 0.3) is 0 Å². The molecule has 1 aromatic heterocycles. The van der Waals surface area contributed by atoms with Crippen LogP contribution in [-0.2, 0) is 0 Å². The summed E-state index contributed by atoms with van der Waals surface area (Å²) in [5.41, 5.74) is 1.40. The highest BCUT2D eigenvalue weighted by Gasteiger charge is 2.12. The molecule has 88 valence electrons. The Morgan fingerprint density at radius 3 is 2.65 bits per heavy atom. The number of piperazine rings is 1. The van der Waals surface area contributed by atoms with Gasteiger partial charge in [0.15, 0.2) is 0 Å². The number of hydrogen-bond acceptors (Lipinski definition) is 3. The second-order valence-corrected chi connectivity index (χ2v) is 4.79. The Kier molecular flexibility index (Phi) is 4.03. The first-order chi connectivity index (χ1) is 8.45. The van der Waals surface area contributed by atoms with Crippen LogP contribution in [0.5, 0.6) is 0 Å². The smallest absolute Gasteiger partial charge is 0.0455 e. The van der Waals surface area contributed by atoms with Crippen molar-refractivity contribution in [3.8, 4) is 12.8 Å². The van der Waals surface area contributed by atoms with E-state index >= 15 is 0 Å². The minimum atomic E-state index is 1.10. The summed E-state index contributed by atoms with van der Waals surface area (Å²) in [6.45, 7) is 4.44. The van der Waals surface area contributed by atoms with Crippen molar-refractivity contribution in [3.05, 3.63) is 29.6 Å². The molecule has 2 aromatic rings. The Balaban J connectivity index is 0.000000514. The molecule has 0 atom stereocenters. The highest BCUT2D eigenvalue weighted by molar-refractivity contribution is 7.17. The van der Waals surface area contributed by atoms with Crippen LogP contribution in [0.1, 0.15) is 0 Å². The average Bonchev–Trinajstić information content (AvgIpc) is 2.90. The third-order valence-electron chi connectivity index (χ3n) is 2.93. The van der Waals surface area contributed by atoms with E-state index in [1.165, 1.54) is 15.8 Å². The fourth-order valence-corrected chi connectivity index (χ4v) is 2.97. The van der Waals surface area contributed by atoms with Gasteiger partial charge in [-0.15, -0.1) is 24.2 Å². The van der Waals surface area contributed by atoms with Crippen molar-refractivity contribution in [3.63, 3.8) is 0 Å². The second kappa shape index (κ2) is 5.72. The summed E-state index contributed by atoms with van der Waals surface area (Å²) in [6.07, 6.45) is 8.00. The monoisotopic (exact) mass is 244 g/mol. The molecule has 1 aliphatic heterocycles. The number of benzene rings is 1. The van der Waals surface area contributed by atoms with Gasteiger partial charge >= 0.3 is 0 Å². The molecule has 0 amide bonds. The summed E-state index contributed by atoms with van der Waals surface area (Å²) >= 11 is 1.82. The quantitative estimate of drug-likeness (QED) is 0.776. The number of nitrogens with zero attached hydrogens (tertiary/aromatic N) is 1. The molecule has 1 N–H and O–H groups in total. The first-order valence-corrected chi connectivity index (χ1v) is 6.58. The fourth-order valence-electron chi connectivity index (χ4n) is 2.16. The van der Waals surface area contributed by atoms with Gasteiger partial charge in [0, 0.05) is 42.0 Å². The largest absolute Gasteiger partial charge is 0.368 e. The zero-order valence-electron chi connectivity index (χ0n) is 9.73. The van der Waals surface area contributed by atoms with Crippen LogP contribution in [0, 0.1) is 12.8 Å². The maximum absolute atomic E-state index is 4.00. The molecule has 17 heavy (non-hydrogen) atoms. The summed E-state index contributed by atoms with van der Waals surface area (Å²) in [6, 6.07) is 8.83. The van der Waals surface area contributed by atoms with E-state index in [9.17, 15) is 0 Å². The van der Waals surface area contributed by atoms with Gasteiger partial charge in [-0.1, -0.05) is 6.07 Å². The van der Waals surface area contributed by atoms with Crippen molar-refractivity contribution in [1.82, 2.24) is 5.32 Å². The number of fused-ring (bicyclic) bond motifs is 1. The van der Waals surface area contributed by atoms with Gasteiger partial charge in [0.05, 0.1) is 0 Å². The Hall–Kier alpha value is -1.50. The van der Waals surface area contributed by atoms with E-state index in [1.54, 1.807) is 0 Å². The third-order valence-corrected chi connectivity index (χ3v) is 3.81. The Morgan fingerprint density at radius 1 is 1.12 bits per heavy atom. The van der Waals surface area contributed by atoms with Gasteiger partial charge < -0.3 is 10.2 Å². The molecule has 0 unspecified atom stereocenters. The zero-order valence-corrected chi connectivity index (χ0v) is 10.5. The lowest BCUT2D eigenvalue weighted by molar-refractivity contribution is 0.590. The number of terminal acetylenes is 1. The SMILES string of the molecule is C#C.c1cc(N2CCNCC2)c2ccsc2c1. The molecule has 0 radical (unpaired) electrons. The van der Waals surface area contributed by atoms with Crippen molar-refractivity contribution in [2.45, 2.75) is 0 Å². The number of nitrogens with one attached hydrogen (secondary N) is 1. The molecule has 1 saturated heterocycles. The molecule has 1 aliphatic rings. The lowest BCUT2D eigenvalue weighted by Crippen LogP contribution is -2.43. The van der Waals surface area contributed by atoms with Crippen molar-refractivity contribution >= 4 is 27.1 Å². The molecule has 0 saturated carbocycles. The molecule has 3 heteroatoms. The normalized spacial score (nSPS) is 15.3. The topological polar surface area (TPSA) is 15.3 Å². The number of rotatable bonds is 1. The van der Waals surface area contributed by atoms with Crippen LogP contribution in [-0.4, -0.2) is 26.2 Å². The van der Waals surface area contributed by atoms with E-state index in [4.69, 9.17) is 0 Å². The lowest BCUT2D eigenvalue weighted by Gasteiger charge is -2.30. The van der Waals surface area contributed by atoms with Gasteiger partial charge in [-0.25, -0.2) is 0 Å². The maximum Gasteiger partial charge on any atom is 0.0455 e. The zero-order chi connectivity index (χ0) is 12.1. The third kappa shape index (κ3) is 2.44. The minimum absolute atomic E-state index is 1.10. The molecule has 0 bridgehead atoms. The second-order valence-electron chi connectivity index (χ2n) is 3.85. The molecule has 0 aliphatic carbocycles. The van der Waals surface area contributed by atoms with E-state index in [0.717, 1.165) is 26.2 Å². The van der Waals surface area contributed by atoms with Gasteiger partial charge in [0.2, 0.25) is 0 Å². The van der Waals surface area contributed by atoms with Crippen LogP contribution in [0.25, 0.3) is 10.1 Å². The molecule has 1 aromatic carbocycles. The van der Waals surface area contributed by atoms with Crippen molar-refractivity contribution in [2.75, 3.05) is 31.1 Å². The molecular weight excluding hydrogens is 228 g/mol.